The van der Waals surface area contributed by atoms with Crippen molar-refractivity contribution in [2.24, 2.45) is 5.92 Å². The molecule has 2 rings (SSSR count). The fourth-order valence-electron chi connectivity index (χ4n) is 1.30. The van der Waals surface area contributed by atoms with Gasteiger partial charge in [0.15, 0.2) is 17.2 Å². The van der Waals surface area contributed by atoms with E-state index < -0.39 is 18.9 Å². The number of ether oxygens (including phenoxy) is 2. The molecule has 1 fully saturated rings. The van der Waals surface area contributed by atoms with Gasteiger partial charge in [-0.1, -0.05) is 0 Å². The summed E-state index contributed by atoms with van der Waals surface area (Å²) in [4.78, 5) is 14.5. The van der Waals surface area contributed by atoms with E-state index in [4.69, 9.17) is 30.3 Å². The third-order valence-electron chi connectivity index (χ3n) is 2.44. The molecule has 0 bridgehead atoms. The van der Waals surface area contributed by atoms with E-state index in [1.807, 2.05) is 0 Å². The van der Waals surface area contributed by atoms with Crippen molar-refractivity contribution in [1.82, 2.24) is 4.98 Å². The molecule has 0 aromatic carbocycles. The van der Waals surface area contributed by atoms with E-state index in [1.165, 1.54) is 32.2 Å². The van der Waals surface area contributed by atoms with Crippen LogP contribution in [0.4, 0.5) is 0 Å². The number of rotatable bonds is 5. The van der Waals surface area contributed by atoms with E-state index in [9.17, 15) is 4.79 Å². The monoisotopic (exact) mass is 381 g/mol. The van der Waals surface area contributed by atoms with E-state index in [-0.39, 0.29) is 57.1 Å². The zero-order chi connectivity index (χ0) is 16.0. The zero-order valence-electron chi connectivity index (χ0n) is 12.0. The average Bonchev–Trinajstić information content (AvgIpc) is 3.17. The predicted octanol–water partition coefficient (Wildman–Crippen LogP) is -2.97. The number of hydrogen-bond acceptors (Lipinski definition) is 8. The van der Waals surface area contributed by atoms with Gasteiger partial charge in [0.2, 0.25) is 0 Å². The van der Waals surface area contributed by atoms with E-state index in [1.54, 1.807) is 0 Å². The summed E-state index contributed by atoms with van der Waals surface area (Å²) in [6.45, 7) is 0.611. The Balaban J connectivity index is 0.000000644. The molecule has 1 saturated carbocycles. The summed E-state index contributed by atoms with van der Waals surface area (Å²) in [7, 11) is 1.50. The molecule has 1 aromatic rings. The Morgan fingerprint density at radius 3 is 2.36 bits per heavy atom. The molecular weight excluding hydrogens is 368 g/mol. The van der Waals surface area contributed by atoms with Gasteiger partial charge in [-0.25, -0.2) is 9.78 Å². The van der Waals surface area contributed by atoms with Gasteiger partial charge in [0.1, 0.15) is 0 Å². The topological polar surface area (TPSA) is 143 Å². The van der Waals surface area contributed by atoms with Gasteiger partial charge >= 0.3 is 86.0 Å². The minimum absolute atomic E-state index is 0. The number of nitrogens with zero attached hydrogens (tertiary/aromatic N) is 1. The molecule has 0 amide bonds. The number of carboxylic acids is 1. The van der Waals surface area contributed by atoms with Crippen molar-refractivity contribution >= 4 is 5.97 Å². The van der Waals surface area contributed by atoms with E-state index in [0.717, 1.165) is 0 Å². The van der Waals surface area contributed by atoms with Crippen LogP contribution in [0, 0.1) is 5.92 Å². The minimum atomic E-state index is -5.62. The SMILES string of the molecule is COc1cnc(C(=O)O)cc1OCC1CC1.[K+].[O]=[Mn](=[O])(=[O])[O-]. The van der Waals surface area contributed by atoms with Crippen LogP contribution in [0.1, 0.15) is 23.3 Å². The van der Waals surface area contributed by atoms with Crippen LogP contribution >= 0.6 is 0 Å². The summed E-state index contributed by atoms with van der Waals surface area (Å²) in [6, 6.07) is 1.39. The first-order valence-electron chi connectivity index (χ1n) is 5.72. The van der Waals surface area contributed by atoms with Crippen molar-refractivity contribution in [3.63, 3.8) is 0 Å². The fraction of sp³-hybridized carbons (Fsp3) is 0.455. The van der Waals surface area contributed by atoms with Crippen molar-refractivity contribution < 1.29 is 99.4 Å². The Kier molecular flexibility index (Phi) is 9.66. The average molecular weight is 381 g/mol. The summed E-state index contributed by atoms with van der Waals surface area (Å²) < 4.78 is 44.9. The van der Waals surface area contributed by atoms with Gasteiger partial charge in [-0.15, -0.1) is 0 Å². The standard InChI is InChI=1S/C11H13NO4.K.Mn.4O/c1-15-10-5-12-8(11(13)14)4-9(10)16-6-7-2-3-7;;;;;;/h4-5,7H,2-3,6H2,1H3,(H,13,14);;;;;;/q;+1;;;;;-1. The number of methoxy groups -OCH3 is 1. The van der Waals surface area contributed by atoms with Gasteiger partial charge in [0, 0.05) is 6.07 Å². The fourth-order valence-corrected chi connectivity index (χ4v) is 1.30. The van der Waals surface area contributed by atoms with Crippen LogP contribution in [-0.4, -0.2) is 29.8 Å². The molecule has 11 heteroatoms. The number of pyridine rings is 1. The Morgan fingerprint density at radius 1 is 1.41 bits per heavy atom. The van der Waals surface area contributed by atoms with Gasteiger partial charge in [-0.2, -0.15) is 0 Å². The second-order valence-corrected chi connectivity index (χ2v) is 5.34. The van der Waals surface area contributed by atoms with Gasteiger partial charge in [-0.3, -0.25) is 0 Å². The molecule has 0 atom stereocenters. The normalized spacial score (nSPS) is 13.2. The second-order valence-electron chi connectivity index (χ2n) is 4.16. The molecule has 0 aliphatic heterocycles. The van der Waals surface area contributed by atoms with Gasteiger partial charge in [0.25, 0.3) is 0 Å². The molecule has 0 radical (unpaired) electrons. The van der Waals surface area contributed by atoms with Gasteiger partial charge in [0.05, 0.1) is 19.9 Å². The van der Waals surface area contributed by atoms with Crippen LogP contribution in [0.3, 0.4) is 0 Å². The third kappa shape index (κ3) is 9.69. The van der Waals surface area contributed by atoms with E-state index in [0.29, 0.717) is 24.0 Å². The van der Waals surface area contributed by atoms with Crippen molar-refractivity contribution in [3.8, 4) is 11.5 Å². The second kappa shape index (κ2) is 9.78. The molecular formula is C11H13KMnNO8. The van der Waals surface area contributed by atoms with Crippen molar-refractivity contribution in [1.29, 1.82) is 0 Å². The molecule has 1 aliphatic carbocycles. The van der Waals surface area contributed by atoms with Crippen LogP contribution < -0.4 is 65.0 Å². The number of aromatic carboxylic acids is 1. The number of hydrogen-bond donors (Lipinski definition) is 1. The van der Waals surface area contributed by atoms with Gasteiger partial charge in [-0.05, 0) is 18.8 Å². The number of aromatic nitrogens is 1. The maximum atomic E-state index is 10.7. The quantitative estimate of drug-likeness (QED) is 0.529. The van der Waals surface area contributed by atoms with Crippen molar-refractivity contribution in [3.05, 3.63) is 18.0 Å². The maximum absolute atomic E-state index is 10.7. The Morgan fingerprint density at radius 2 is 1.95 bits per heavy atom. The molecule has 9 nitrogen and oxygen atoms in total. The van der Waals surface area contributed by atoms with Crippen molar-refractivity contribution in [2.75, 3.05) is 13.7 Å². The predicted molar refractivity (Wildman–Crippen MR) is 58.0 cm³/mol. The third-order valence-corrected chi connectivity index (χ3v) is 2.44. The summed E-state index contributed by atoms with van der Waals surface area (Å²) in [5.74, 6) is 0.442. The molecule has 0 spiro atoms. The molecule has 1 N–H and O–H groups in total. The molecule has 118 valence electrons. The summed E-state index contributed by atoms with van der Waals surface area (Å²) in [6.07, 6.45) is 3.73. The van der Waals surface area contributed by atoms with Crippen LogP contribution in [0.2, 0.25) is 0 Å². The molecule has 0 unspecified atom stereocenters. The van der Waals surface area contributed by atoms with Crippen LogP contribution in [0.5, 0.6) is 11.5 Å². The van der Waals surface area contributed by atoms with E-state index in [2.05, 4.69) is 4.98 Å². The molecule has 22 heavy (non-hydrogen) atoms. The molecule has 1 heterocycles. The van der Waals surface area contributed by atoms with E-state index >= 15 is 0 Å². The van der Waals surface area contributed by atoms with Crippen LogP contribution in [0.25, 0.3) is 0 Å². The summed E-state index contributed by atoms with van der Waals surface area (Å²) in [5, 5.41) is 8.80. The number of carboxylic acid groups (broad SMARTS) is 1. The molecule has 1 aromatic heterocycles. The Hall–Kier alpha value is -0.264. The van der Waals surface area contributed by atoms with Crippen molar-refractivity contribution in [2.45, 2.75) is 12.8 Å². The first kappa shape index (κ1) is 21.7. The molecule has 1 aliphatic rings. The Bertz CT molecular complexity index is 652. The zero-order valence-corrected chi connectivity index (χ0v) is 16.3. The van der Waals surface area contributed by atoms with Crippen LogP contribution in [-0.2, 0) is 24.5 Å². The van der Waals surface area contributed by atoms with Crippen LogP contribution in [0.15, 0.2) is 12.3 Å². The van der Waals surface area contributed by atoms with Gasteiger partial charge < -0.3 is 14.6 Å². The first-order valence-corrected chi connectivity index (χ1v) is 7.65. The summed E-state index contributed by atoms with van der Waals surface area (Å²) in [5.41, 5.74) is -0.0356. The number of carbonyl (C=O) groups is 1. The Labute approximate surface area is 170 Å². The molecule has 0 saturated heterocycles. The first-order chi connectivity index (χ1) is 9.70. The summed E-state index contributed by atoms with van der Waals surface area (Å²) >= 11 is -5.62.